The number of imidazole rings is 1. The number of aromatic nitrogens is 2. The van der Waals surface area contributed by atoms with Crippen LogP contribution in [-0.4, -0.2) is 56.0 Å². The third kappa shape index (κ3) is 9.04. The van der Waals surface area contributed by atoms with E-state index < -0.39 is 0 Å². The molecule has 1 amide bonds. The molecule has 244 valence electrons. The van der Waals surface area contributed by atoms with Crippen molar-refractivity contribution in [2.45, 2.75) is 67.1 Å². The number of fused-ring (bicyclic) bond motifs is 1. The molecule has 1 atom stereocenters. The zero-order valence-corrected chi connectivity index (χ0v) is 28.2. The van der Waals surface area contributed by atoms with Gasteiger partial charge in [0.1, 0.15) is 11.6 Å². The topological polar surface area (TPSA) is 61.6 Å². The molecule has 5 aromatic rings. The first-order valence-corrected chi connectivity index (χ1v) is 16.6. The predicted molar refractivity (Wildman–Crippen MR) is 188 cm³/mol. The molecule has 6 rings (SSSR count). The molecule has 1 aromatic heterocycles. The Morgan fingerprint density at radius 1 is 0.848 bits per heavy atom. The molecule has 1 fully saturated rings. The Morgan fingerprint density at radius 2 is 1.54 bits per heavy atom. The van der Waals surface area contributed by atoms with E-state index in [1.54, 1.807) is 24.5 Å². The van der Waals surface area contributed by atoms with Gasteiger partial charge in [-0.1, -0.05) is 108 Å². The minimum atomic E-state index is -0.256. The van der Waals surface area contributed by atoms with Gasteiger partial charge in [0, 0.05) is 50.5 Å². The summed E-state index contributed by atoms with van der Waals surface area (Å²) in [5, 5.41) is 12.5. The van der Waals surface area contributed by atoms with E-state index in [0.717, 1.165) is 27.6 Å². The van der Waals surface area contributed by atoms with E-state index in [4.69, 9.17) is 0 Å². The fourth-order valence-electron chi connectivity index (χ4n) is 5.66. The van der Waals surface area contributed by atoms with Crippen LogP contribution < -0.4 is 0 Å². The average molecular weight is 625 g/mol. The highest BCUT2D eigenvalue weighted by molar-refractivity contribution is 6.07. The lowest BCUT2D eigenvalue weighted by molar-refractivity contribution is 0.0453. The predicted octanol–water partition coefficient (Wildman–Crippen LogP) is 8.58. The molecular weight excluding hydrogens is 575 g/mol. The number of phenols is 1. The number of amides is 1. The Bertz CT molecular complexity index is 1640. The smallest absolute Gasteiger partial charge is 0.254 e. The molecule has 0 saturated carbocycles. The third-order valence-electron chi connectivity index (χ3n) is 7.76. The van der Waals surface area contributed by atoms with E-state index in [1.165, 1.54) is 6.07 Å². The highest BCUT2D eigenvalue weighted by Crippen LogP contribution is 2.26. The van der Waals surface area contributed by atoms with Gasteiger partial charge in [0.15, 0.2) is 0 Å². The van der Waals surface area contributed by atoms with Gasteiger partial charge >= 0.3 is 0 Å². The van der Waals surface area contributed by atoms with Crippen molar-refractivity contribution in [2.24, 2.45) is 0 Å². The normalized spacial score (nSPS) is 14.2. The van der Waals surface area contributed by atoms with Crippen LogP contribution in [0.2, 0.25) is 0 Å². The van der Waals surface area contributed by atoms with Crippen LogP contribution in [-0.2, 0) is 19.5 Å². The Labute approximate surface area is 274 Å². The van der Waals surface area contributed by atoms with E-state index in [-0.39, 0.29) is 23.5 Å². The van der Waals surface area contributed by atoms with Crippen molar-refractivity contribution in [3.63, 3.8) is 0 Å². The van der Waals surface area contributed by atoms with Crippen molar-refractivity contribution in [3.8, 4) is 5.75 Å². The quantitative estimate of drug-likeness (QED) is 0.197. The summed E-state index contributed by atoms with van der Waals surface area (Å²) in [6, 6.07) is 27.8. The SMILES string of the molecule is CC.CC.CC.O=C(c1cccc2ccccc12)N1CCN(Cc2cncn2Cc2cccc(F)c2)C(Cc2ccccc2O)C1. The van der Waals surface area contributed by atoms with Crippen LogP contribution >= 0.6 is 0 Å². The molecule has 1 aliphatic rings. The number of phenolic OH excluding ortho intramolecular Hbond substituents is 1. The second kappa shape index (κ2) is 18.5. The molecule has 6 nitrogen and oxygen atoms in total. The first-order chi connectivity index (χ1) is 22.5. The van der Waals surface area contributed by atoms with Crippen LogP contribution in [0, 0.1) is 5.82 Å². The molecule has 4 aromatic carbocycles. The molecule has 1 aliphatic heterocycles. The lowest BCUT2D eigenvalue weighted by Crippen LogP contribution is -2.55. The van der Waals surface area contributed by atoms with Gasteiger partial charge in [-0.2, -0.15) is 0 Å². The Balaban J connectivity index is 0.000000908. The van der Waals surface area contributed by atoms with Crippen LogP contribution in [0.15, 0.2) is 104 Å². The van der Waals surface area contributed by atoms with Crippen molar-refractivity contribution in [1.29, 1.82) is 0 Å². The van der Waals surface area contributed by atoms with Gasteiger partial charge in [-0.25, -0.2) is 9.37 Å². The summed E-state index contributed by atoms with van der Waals surface area (Å²) < 4.78 is 15.8. The lowest BCUT2D eigenvalue weighted by atomic mass is 9.99. The van der Waals surface area contributed by atoms with Crippen molar-refractivity contribution in [1.82, 2.24) is 19.4 Å². The minimum absolute atomic E-state index is 0.0153. The summed E-state index contributed by atoms with van der Waals surface area (Å²) >= 11 is 0. The molecule has 2 heterocycles. The number of rotatable bonds is 7. The maximum absolute atomic E-state index is 13.8. The molecule has 0 bridgehead atoms. The zero-order chi connectivity index (χ0) is 33.5. The molecular formula is C39H49FN4O2. The maximum Gasteiger partial charge on any atom is 0.254 e. The molecule has 0 spiro atoms. The van der Waals surface area contributed by atoms with Crippen LogP contribution in [0.1, 0.15) is 68.7 Å². The number of hydrogen-bond donors (Lipinski definition) is 1. The summed E-state index contributed by atoms with van der Waals surface area (Å²) in [5.74, 6) is 0.0276. The monoisotopic (exact) mass is 624 g/mol. The number of carbonyl (C=O) groups excluding carboxylic acids is 1. The minimum Gasteiger partial charge on any atom is -0.508 e. The van der Waals surface area contributed by atoms with E-state index in [2.05, 4.69) is 9.88 Å². The number of halogens is 1. The van der Waals surface area contributed by atoms with E-state index in [9.17, 15) is 14.3 Å². The summed E-state index contributed by atoms with van der Waals surface area (Å²) in [7, 11) is 0. The van der Waals surface area contributed by atoms with Gasteiger partial charge in [0.2, 0.25) is 0 Å². The second-order valence-corrected chi connectivity index (χ2v) is 10.4. The van der Waals surface area contributed by atoms with Crippen LogP contribution in [0.25, 0.3) is 10.8 Å². The van der Waals surface area contributed by atoms with Crippen molar-refractivity contribution >= 4 is 16.7 Å². The number of carbonyl (C=O) groups is 1. The summed E-state index contributed by atoms with van der Waals surface area (Å²) in [5.41, 5.74) is 3.45. The maximum atomic E-state index is 13.8. The van der Waals surface area contributed by atoms with Gasteiger partial charge < -0.3 is 14.6 Å². The van der Waals surface area contributed by atoms with E-state index in [0.29, 0.717) is 44.7 Å². The molecule has 46 heavy (non-hydrogen) atoms. The number of para-hydroxylation sites is 1. The summed E-state index contributed by atoms with van der Waals surface area (Å²) in [6.45, 7) is 15.0. The highest BCUT2D eigenvalue weighted by atomic mass is 19.1. The first kappa shape index (κ1) is 36.0. The number of nitrogens with zero attached hydrogens (tertiary/aromatic N) is 4. The van der Waals surface area contributed by atoms with Gasteiger partial charge in [-0.05, 0) is 52.6 Å². The number of hydrogen-bond acceptors (Lipinski definition) is 4. The number of benzene rings is 4. The molecule has 1 saturated heterocycles. The lowest BCUT2D eigenvalue weighted by Gasteiger charge is -2.42. The average Bonchev–Trinajstić information content (AvgIpc) is 3.54. The van der Waals surface area contributed by atoms with Crippen molar-refractivity contribution in [2.75, 3.05) is 19.6 Å². The van der Waals surface area contributed by atoms with Crippen LogP contribution in [0.4, 0.5) is 4.39 Å². The first-order valence-electron chi connectivity index (χ1n) is 16.6. The summed E-state index contributed by atoms with van der Waals surface area (Å²) in [4.78, 5) is 22.5. The van der Waals surface area contributed by atoms with Gasteiger partial charge in [-0.3, -0.25) is 9.69 Å². The molecule has 0 radical (unpaired) electrons. The van der Waals surface area contributed by atoms with Gasteiger partial charge in [0.25, 0.3) is 5.91 Å². The molecule has 0 aliphatic carbocycles. The van der Waals surface area contributed by atoms with Crippen molar-refractivity contribution in [3.05, 3.63) is 132 Å². The molecule has 1 N–H and O–H groups in total. The summed E-state index contributed by atoms with van der Waals surface area (Å²) in [6.07, 6.45) is 4.23. The highest BCUT2D eigenvalue weighted by Gasteiger charge is 2.31. The largest absolute Gasteiger partial charge is 0.508 e. The van der Waals surface area contributed by atoms with E-state index in [1.807, 2.05) is 124 Å². The van der Waals surface area contributed by atoms with Crippen molar-refractivity contribution < 1.29 is 14.3 Å². The van der Waals surface area contributed by atoms with E-state index >= 15 is 0 Å². The number of aromatic hydroxyl groups is 1. The zero-order valence-electron chi connectivity index (χ0n) is 28.2. The fourth-order valence-corrected chi connectivity index (χ4v) is 5.66. The Kier molecular flexibility index (Phi) is 14.4. The fraction of sp³-hybridized carbons (Fsp3) is 0.333. The third-order valence-corrected chi connectivity index (χ3v) is 7.76. The van der Waals surface area contributed by atoms with Crippen LogP contribution in [0.3, 0.4) is 0 Å². The van der Waals surface area contributed by atoms with Gasteiger partial charge in [0.05, 0.1) is 12.0 Å². The number of piperazine rings is 1. The molecule has 1 unspecified atom stereocenters. The molecule has 7 heteroatoms. The Hall–Kier alpha value is -4.49. The van der Waals surface area contributed by atoms with Crippen LogP contribution in [0.5, 0.6) is 5.75 Å². The standard InChI is InChI=1S/C33H31FN4O2.3C2H6/c34-27-11-5-7-24(17-27)20-38-23-35-19-29(38)22-36-15-16-37(21-28(36)18-26-9-2-4-14-32(26)39)33(40)31-13-6-10-25-8-1-3-12-30(25)31;3*1-2/h1-14,17,19,23,28,39H,15-16,18,20-22H2;3*1-2H3. The van der Waals surface area contributed by atoms with Gasteiger partial charge in [-0.15, -0.1) is 0 Å². The second-order valence-electron chi connectivity index (χ2n) is 10.4. The Morgan fingerprint density at radius 3 is 2.30 bits per heavy atom.